The number of nitrogens with zero attached hydrogens (tertiary/aromatic N) is 1. The Kier molecular flexibility index (Phi) is 5.64. The fourth-order valence-corrected chi connectivity index (χ4v) is 3.16. The van der Waals surface area contributed by atoms with Crippen molar-refractivity contribution in [2.45, 2.75) is 19.3 Å². The molecule has 1 unspecified atom stereocenters. The van der Waals surface area contributed by atoms with E-state index in [0.29, 0.717) is 37.1 Å². The zero-order valence-electron chi connectivity index (χ0n) is 14.4. The normalized spacial score (nSPS) is 15.7. The maximum atomic E-state index is 12.7. The van der Waals surface area contributed by atoms with E-state index in [4.69, 9.17) is 20.8 Å². The summed E-state index contributed by atoms with van der Waals surface area (Å²) in [6.07, 6.45) is 0.0710. The summed E-state index contributed by atoms with van der Waals surface area (Å²) < 4.78 is 10.9. The summed E-state index contributed by atoms with van der Waals surface area (Å²) >= 11 is 5.96. The Labute approximate surface area is 156 Å². The first-order valence-electron chi connectivity index (χ1n) is 8.40. The molecule has 138 valence electrons. The molecule has 3 rings (SSSR count). The van der Waals surface area contributed by atoms with Crippen LogP contribution in [0.15, 0.2) is 39.5 Å². The van der Waals surface area contributed by atoms with Gasteiger partial charge in [-0.25, -0.2) is 0 Å². The van der Waals surface area contributed by atoms with Crippen molar-refractivity contribution in [1.29, 1.82) is 0 Å². The number of aromatic hydroxyl groups is 1. The molecule has 1 fully saturated rings. The molecule has 7 heteroatoms. The van der Waals surface area contributed by atoms with Crippen molar-refractivity contribution >= 4 is 17.5 Å². The molecule has 1 aromatic carbocycles. The molecule has 26 heavy (non-hydrogen) atoms. The van der Waals surface area contributed by atoms with Crippen molar-refractivity contribution in [1.82, 2.24) is 4.90 Å². The van der Waals surface area contributed by atoms with Gasteiger partial charge >= 0.3 is 0 Å². The van der Waals surface area contributed by atoms with Gasteiger partial charge in [-0.05, 0) is 24.6 Å². The first-order valence-corrected chi connectivity index (χ1v) is 8.78. The van der Waals surface area contributed by atoms with Gasteiger partial charge in [0.1, 0.15) is 5.76 Å². The SMILES string of the molecule is Cc1cc(=O)c(O)c(C(CC(=O)N2CCOCC2)c2ccc(Cl)cc2)o1. The van der Waals surface area contributed by atoms with E-state index >= 15 is 0 Å². The maximum Gasteiger partial charge on any atom is 0.227 e. The lowest BCUT2D eigenvalue weighted by atomic mass is 9.91. The number of hydrogen-bond donors (Lipinski definition) is 1. The van der Waals surface area contributed by atoms with E-state index in [0.717, 1.165) is 5.56 Å². The zero-order valence-corrected chi connectivity index (χ0v) is 15.2. The molecule has 0 spiro atoms. The van der Waals surface area contributed by atoms with Crippen LogP contribution in [0.3, 0.4) is 0 Å². The second kappa shape index (κ2) is 7.93. The highest BCUT2D eigenvalue weighted by atomic mass is 35.5. The smallest absolute Gasteiger partial charge is 0.227 e. The lowest BCUT2D eigenvalue weighted by Crippen LogP contribution is -2.41. The molecular weight excluding hydrogens is 358 g/mol. The number of amides is 1. The first-order chi connectivity index (χ1) is 12.5. The highest BCUT2D eigenvalue weighted by Gasteiger charge is 2.28. The number of ether oxygens (including phenoxy) is 1. The van der Waals surface area contributed by atoms with Crippen LogP contribution in [0, 0.1) is 6.92 Å². The van der Waals surface area contributed by atoms with E-state index in [1.54, 1.807) is 36.1 Å². The van der Waals surface area contributed by atoms with Crippen molar-refractivity contribution in [3.63, 3.8) is 0 Å². The first kappa shape index (κ1) is 18.5. The Morgan fingerprint density at radius 2 is 1.92 bits per heavy atom. The van der Waals surface area contributed by atoms with Gasteiger partial charge in [0.2, 0.25) is 17.1 Å². The summed E-state index contributed by atoms with van der Waals surface area (Å²) in [5, 5.41) is 10.8. The van der Waals surface area contributed by atoms with Crippen LogP contribution >= 0.6 is 11.6 Å². The molecule has 1 N–H and O–H groups in total. The molecule has 1 aromatic heterocycles. The minimum Gasteiger partial charge on any atom is -0.502 e. The quantitative estimate of drug-likeness (QED) is 0.886. The van der Waals surface area contributed by atoms with Crippen molar-refractivity contribution in [2.75, 3.05) is 26.3 Å². The highest BCUT2D eigenvalue weighted by molar-refractivity contribution is 6.30. The van der Waals surface area contributed by atoms with Crippen LogP contribution in [0.1, 0.15) is 29.4 Å². The van der Waals surface area contributed by atoms with Gasteiger partial charge in [0.25, 0.3) is 0 Å². The molecule has 1 aliphatic heterocycles. The predicted molar refractivity (Wildman–Crippen MR) is 96.7 cm³/mol. The standard InChI is InChI=1S/C19H20ClNO5/c1-12-10-16(22)18(24)19(26-12)15(13-2-4-14(20)5-3-13)11-17(23)21-6-8-25-9-7-21/h2-5,10,15,24H,6-9,11H2,1H3. The van der Waals surface area contributed by atoms with Gasteiger partial charge in [-0.2, -0.15) is 0 Å². The van der Waals surface area contributed by atoms with Crippen molar-refractivity contribution < 1.29 is 19.1 Å². The fourth-order valence-electron chi connectivity index (χ4n) is 3.04. The van der Waals surface area contributed by atoms with Crippen LogP contribution in [-0.2, 0) is 9.53 Å². The minimum atomic E-state index is -0.588. The Balaban J connectivity index is 1.98. The Hall–Kier alpha value is -2.31. The van der Waals surface area contributed by atoms with Crippen molar-refractivity contribution in [3.8, 4) is 5.75 Å². The number of halogens is 1. The molecule has 0 saturated carbocycles. The van der Waals surface area contributed by atoms with E-state index in [2.05, 4.69) is 0 Å². The van der Waals surface area contributed by atoms with Crippen LogP contribution in [0.2, 0.25) is 5.02 Å². The van der Waals surface area contributed by atoms with Gasteiger partial charge in [0.15, 0.2) is 5.76 Å². The van der Waals surface area contributed by atoms with Crippen LogP contribution in [-0.4, -0.2) is 42.2 Å². The number of benzene rings is 1. The summed E-state index contributed by atoms with van der Waals surface area (Å²) in [6, 6.07) is 8.16. The van der Waals surface area contributed by atoms with Gasteiger partial charge in [0, 0.05) is 30.6 Å². The predicted octanol–water partition coefficient (Wildman–Crippen LogP) is 2.69. The second-order valence-corrected chi connectivity index (χ2v) is 6.67. The molecule has 1 saturated heterocycles. The Morgan fingerprint density at radius 1 is 1.27 bits per heavy atom. The number of rotatable bonds is 4. The number of carbonyl (C=O) groups is 1. The number of carbonyl (C=O) groups excluding carboxylic acids is 1. The summed E-state index contributed by atoms with van der Waals surface area (Å²) in [5.74, 6) is -0.670. The molecular formula is C19H20ClNO5. The summed E-state index contributed by atoms with van der Waals surface area (Å²) in [5.41, 5.74) is 0.210. The average molecular weight is 378 g/mol. The van der Waals surface area contributed by atoms with Gasteiger partial charge in [-0.15, -0.1) is 0 Å². The average Bonchev–Trinajstić information content (AvgIpc) is 2.64. The molecule has 0 radical (unpaired) electrons. The van der Waals surface area contributed by atoms with Gasteiger partial charge in [-0.1, -0.05) is 23.7 Å². The third-order valence-electron chi connectivity index (χ3n) is 4.40. The molecule has 1 atom stereocenters. The highest BCUT2D eigenvalue weighted by Crippen LogP contribution is 2.34. The third-order valence-corrected chi connectivity index (χ3v) is 4.66. The molecule has 0 aliphatic carbocycles. The van der Waals surface area contributed by atoms with Gasteiger partial charge in [-0.3, -0.25) is 9.59 Å². The number of aryl methyl sites for hydroxylation is 1. The Bertz CT molecular complexity index is 840. The number of hydrogen-bond acceptors (Lipinski definition) is 5. The summed E-state index contributed by atoms with van der Waals surface area (Å²) in [6.45, 7) is 3.68. The molecule has 0 bridgehead atoms. The van der Waals surface area contributed by atoms with Gasteiger partial charge < -0.3 is 19.2 Å². The molecule has 1 aliphatic rings. The second-order valence-electron chi connectivity index (χ2n) is 6.24. The van der Waals surface area contributed by atoms with Gasteiger partial charge in [0.05, 0.1) is 19.1 Å². The largest absolute Gasteiger partial charge is 0.502 e. The summed E-state index contributed by atoms with van der Waals surface area (Å²) in [4.78, 5) is 26.5. The van der Waals surface area contributed by atoms with Crippen molar-refractivity contribution in [2.24, 2.45) is 0 Å². The maximum absolute atomic E-state index is 12.7. The lowest BCUT2D eigenvalue weighted by molar-refractivity contribution is -0.135. The van der Waals surface area contributed by atoms with E-state index in [-0.39, 0.29) is 18.1 Å². The van der Waals surface area contributed by atoms with E-state index in [1.165, 1.54) is 6.07 Å². The number of morpholine rings is 1. The summed E-state index contributed by atoms with van der Waals surface area (Å²) in [7, 11) is 0. The molecule has 6 nitrogen and oxygen atoms in total. The van der Waals surface area contributed by atoms with Crippen LogP contribution in [0.25, 0.3) is 0 Å². The molecule has 2 heterocycles. The molecule has 2 aromatic rings. The molecule has 1 amide bonds. The minimum absolute atomic E-state index is 0.0710. The van der Waals surface area contributed by atoms with E-state index < -0.39 is 17.1 Å². The van der Waals surface area contributed by atoms with E-state index in [9.17, 15) is 14.7 Å². The van der Waals surface area contributed by atoms with Crippen LogP contribution in [0.5, 0.6) is 5.75 Å². The third kappa shape index (κ3) is 4.08. The van der Waals surface area contributed by atoms with Crippen LogP contribution < -0.4 is 5.43 Å². The zero-order chi connectivity index (χ0) is 18.7. The van der Waals surface area contributed by atoms with Crippen LogP contribution in [0.4, 0.5) is 0 Å². The topological polar surface area (TPSA) is 80.0 Å². The Morgan fingerprint density at radius 3 is 2.58 bits per heavy atom. The fraction of sp³-hybridized carbons (Fsp3) is 0.368. The monoisotopic (exact) mass is 377 g/mol. The van der Waals surface area contributed by atoms with Crippen molar-refractivity contribution in [3.05, 3.63) is 62.7 Å². The lowest BCUT2D eigenvalue weighted by Gasteiger charge is -2.28. The van der Waals surface area contributed by atoms with E-state index in [1.807, 2.05) is 0 Å².